The maximum absolute atomic E-state index is 12.5. The molecular formula is C12H14F3O5P. The van der Waals surface area contributed by atoms with E-state index in [2.05, 4.69) is 4.52 Å². The van der Waals surface area contributed by atoms with Crippen molar-refractivity contribution in [1.29, 1.82) is 0 Å². The van der Waals surface area contributed by atoms with E-state index in [0.717, 1.165) is 12.1 Å². The summed E-state index contributed by atoms with van der Waals surface area (Å²) in [4.78, 5) is 11.4. The number of benzene rings is 1. The lowest BCUT2D eigenvalue weighted by molar-refractivity contribution is -0.137. The minimum absolute atomic E-state index is 0.0930. The second-order valence-electron chi connectivity index (χ2n) is 4.08. The first-order valence-corrected chi connectivity index (χ1v) is 7.72. The van der Waals surface area contributed by atoms with Gasteiger partial charge in [0.1, 0.15) is 19.0 Å². The van der Waals surface area contributed by atoms with Gasteiger partial charge in [-0.05, 0) is 18.2 Å². The molecule has 0 aliphatic carbocycles. The molecule has 5 nitrogen and oxygen atoms in total. The molecule has 1 rings (SSSR count). The van der Waals surface area contributed by atoms with E-state index in [4.69, 9.17) is 9.26 Å². The number of carbonyl (C=O) groups is 1. The molecule has 1 unspecified atom stereocenters. The molecule has 21 heavy (non-hydrogen) atoms. The Bertz CT molecular complexity index is 544. The number of ketones is 1. The summed E-state index contributed by atoms with van der Waals surface area (Å²) in [5.41, 5.74) is -0.874. The van der Waals surface area contributed by atoms with E-state index in [0.29, 0.717) is 0 Å². The zero-order valence-electron chi connectivity index (χ0n) is 11.3. The van der Waals surface area contributed by atoms with Gasteiger partial charge in [-0.15, -0.1) is 0 Å². The first-order chi connectivity index (χ1) is 9.64. The van der Waals surface area contributed by atoms with Crippen molar-refractivity contribution in [3.8, 4) is 5.75 Å². The fourth-order valence-electron chi connectivity index (χ4n) is 1.21. The van der Waals surface area contributed by atoms with Crippen LogP contribution in [0.25, 0.3) is 0 Å². The molecule has 1 atom stereocenters. The molecule has 0 aromatic heterocycles. The minimum atomic E-state index is -4.49. The molecule has 0 heterocycles. The second kappa shape index (κ2) is 7.06. The first kappa shape index (κ1) is 17.7. The summed E-state index contributed by atoms with van der Waals surface area (Å²) in [6.45, 7) is 0.180. The number of rotatable bonds is 7. The van der Waals surface area contributed by atoms with Gasteiger partial charge in [-0.1, -0.05) is 6.07 Å². The van der Waals surface area contributed by atoms with Crippen molar-refractivity contribution in [3.63, 3.8) is 0 Å². The van der Waals surface area contributed by atoms with E-state index in [-0.39, 0.29) is 5.75 Å². The summed E-state index contributed by atoms with van der Waals surface area (Å²) in [7, 11) is -2.11. The third-order valence-corrected chi connectivity index (χ3v) is 3.61. The molecule has 0 saturated heterocycles. The number of halogens is 3. The standard InChI is InChI=1S/C12H14F3O5P/c1-18-21(2,17)20-8-10(16)7-19-11-5-3-4-9(6-11)12(13,14)15/h3-6H,7-8H2,1-2H3. The van der Waals surface area contributed by atoms with Crippen LogP contribution in [0.4, 0.5) is 13.2 Å². The van der Waals surface area contributed by atoms with E-state index in [9.17, 15) is 22.5 Å². The zero-order chi connectivity index (χ0) is 16.1. The average molecular weight is 326 g/mol. The van der Waals surface area contributed by atoms with Gasteiger partial charge in [-0.2, -0.15) is 13.2 Å². The quantitative estimate of drug-likeness (QED) is 0.720. The molecule has 1 aromatic rings. The van der Waals surface area contributed by atoms with Crippen LogP contribution < -0.4 is 4.74 Å². The van der Waals surface area contributed by atoms with E-state index in [1.807, 2.05) is 0 Å². The van der Waals surface area contributed by atoms with E-state index >= 15 is 0 Å². The van der Waals surface area contributed by atoms with E-state index in [1.54, 1.807) is 0 Å². The number of hydrogen-bond donors (Lipinski definition) is 0. The Kier molecular flexibility index (Phi) is 5.95. The number of carbonyl (C=O) groups excluding carboxylic acids is 1. The molecule has 0 bridgehead atoms. The molecule has 0 aliphatic heterocycles. The van der Waals surface area contributed by atoms with Crippen molar-refractivity contribution in [3.05, 3.63) is 29.8 Å². The summed E-state index contributed by atoms with van der Waals surface area (Å²) in [5.74, 6) is -0.670. The Balaban J connectivity index is 2.52. The molecule has 118 valence electrons. The van der Waals surface area contributed by atoms with Gasteiger partial charge in [0.15, 0.2) is 5.78 Å². The Labute approximate surface area is 119 Å². The zero-order valence-corrected chi connectivity index (χ0v) is 12.2. The van der Waals surface area contributed by atoms with Gasteiger partial charge in [0.05, 0.1) is 5.56 Å². The Morgan fingerprint density at radius 1 is 1.29 bits per heavy atom. The first-order valence-electron chi connectivity index (χ1n) is 5.73. The highest BCUT2D eigenvalue weighted by molar-refractivity contribution is 7.52. The second-order valence-corrected chi connectivity index (χ2v) is 6.25. The predicted molar refractivity (Wildman–Crippen MR) is 68.4 cm³/mol. The van der Waals surface area contributed by atoms with Crippen LogP contribution in [-0.4, -0.2) is 32.8 Å². The molecule has 0 amide bonds. The maximum Gasteiger partial charge on any atom is 0.416 e. The van der Waals surface area contributed by atoms with Gasteiger partial charge >= 0.3 is 13.8 Å². The van der Waals surface area contributed by atoms with Crippen molar-refractivity contribution in [2.45, 2.75) is 6.18 Å². The lowest BCUT2D eigenvalue weighted by Crippen LogP contribution is -2.17. The largest absolute Gasteiger partial charge is 0.486 e. The van der Waals surface area contributed by atoms with Crippen LogP contribution in [0.2, 0.25) is 0 Å². The molecule has 0 fully saturated rings. The van der Waals surface area contributed by atoms with Crippen molar-refractivity contribution in [2.75, 3.05) is 27.0 Å². The minimum Gasteiger partial charge on any atom is -0.486 e. The van der Waals surface area contributed by atoms with Gasteiger partial charge < -0.3 is 13.8 Å². The highest BCUT2D eigenvalue weighted by atomic mass is 31.2. The highest BCUT2D eigenvalue weighted by Gasteiger charge is 2.30. The molecule has 0 spiro atoms. The van der Waals surface area contributed by atoms with Crippen LogP contribution in [0.3, 0.4) is 0 Å². The normalized spacial score (nSPS) is 14.5. The smallest absolute Gasteiger partial charge is 0.416 e. The fourth-order valence-corrected chi connectivity index (χ4v) is 1.69. The lowest BCUT2D eigenvalue weighted by atomic mass is 10.2. The molecule has 0 saturated carbocycles. The summed E-state index contributed by atoms with van der Waals surface area (Å²) < 4.78 is 63.0. The monoisotopic (exact) mass is 326 g/mol. The molecular weight excluding hydrogens is 312 g/mol. The van der Waals surface area contributed by atoms with Gasteiger partial charge in [0.25, 0.3) is 0 Å². The molecule has 0 aliphatic rings. The Morgan fingerprint density at radius 2 is 1.95 bits per heavy atom. The number of alkyl halides is 3. The van der Waals surface area contributed by atoms with Crippen LogP contribution in [0.15, 0.2) is 24.3 Å². The Hall–Kier alpha value is -1.37. The molecule has 0 radical (unpaired) electrons. The summed E-state index contributed by atoms with van der Waals surface area (Å²) in [5, 5.41) is 0. The van der Waals surface area contributed by atoms with Crippen molar-refractivity contribution in [1.82, 2.24) is 0 Å². The molecule has 9 heteroatoms. The summed E-state index contributed by atoms with van der Waals surface area (Å²) in [6, 6.07) is 4.14. The lowest BCUT2D eigenvalue weighted by Gasteiger charge is -2.12. The van der Waals surface area contributed by atoms with Gasteiger partial charge in [0.2, 0.25) is 0 Å². The van der Waals surface area contributed by atoms with Crippen LogP contribution >= 0.6 is 7.60 Å². The van der Waals surface area contributed by atoms with Crippen LogP contribution in [0.5, 0.6) is 5.75 Å². The van der Waals surface area contributed by atoms with Crippen molar-refractivity contribution < 1.29 is 36.3 Å². The van der Waals surface area contributed by atoms with E-state index in [1.165, 1.54) is 25.9 Å². The summed E-state index contributed by atoms with van der Waals surface area (Å²) >= 11 is 0. The van der Waals surface area contributed by atoms with Gasteiger partial charge in [-0.3, -0.25) is 9.36 Å². The Morgan fingerprint density at radius 3 is 2.52 bits per heavy atom. The third-order valence-electron chi connectivity index (χ3n) is 2.35. The maximum atomic E-state index is 12.5. The van der Waals surface area contributed by atoms with Gasteiger partial charge in [-0.25, -0.2) is 0 Å². The van der Waals surface area contributed by atoms with E-state index < -0.39 is 38.3 Å². The van der Waals surface area contributed by atoms with Crippen molar-refractivity contribution >= 4 is 13.4 Å². The number of hydrogen-bond acceptors (Lipinski definition) is 5. The number of Topliss-reactive ketones (excluding diaryl/α,β-unsaturated/α-hetero) is 1. The average Bonchev–Trinajstić information content (AvgIpc) is 2.42. The third kappa shape index (κ3) is 6.29. The summed E-state index contributed by atoms with van der Waals surface area (Å²) in [6.07, 6.45) is -4.49. The van der Waals surface area contributed by atoms with Crippen LogP contribution in [-0.2, 0) is 24.6 Å². The van der Waals surface area contributed by atoms with Gasteiger partial charge in [0, 0.05) is 13.8 Å². The fraction of sp³-hybridized carbons (Fsp3) is 0.417. The van der Waals surface area contributed by atoms with Crippen LogP contribution in [0, 0.1) is 0 Å². The topological polar surface area (TPSA) is 61.8 Å². The highest BCUT2D eigenvalue weighted by Crippen LogP contribution is 2.42. The molecule has 0 N–H and O–H groups in total. The van der Waals surface area contributed by atoms with Crippen molar-refractivity contribution in [2.24, 2.45) is 0 Å². The van der Waals surface area contributed by atoms with Crippen LogP contribution in [0.1, 0.15) is 5.56 Å². The number of ether oxygens (including phenoxy) is 1. The predicted octanol–water partition coefficient (Wildman–Crippen LogP) is 3.14. The SMILES string of the molecule is COP(C)(=O)OCC(=O)COc1cccc(C(F)(F)F)c1. The molecule has 1 aromatic carbocycles.